The van der Waals surface area contributed by atoms with Crippen molar-refractivity contribution in [2.75, 3.05) is 0 Å². The van der Waals surface area contributed by atoms with Gasteiger partial charge in [0.1, 0.15) is 5.65 Å². The van der Waals surface area contributed by atoms with Crippen molar-refractivity contribution in [2.45, 2.75) is 13.3 Å². The van der Waals surface area contributed by atoms with E-state index in [0.717, 1.165) is 0 Å². The first-order valence-corrected chi connectivity index (χ1v) is 4.47. The second kappa shape index (κ2) is 3.23. The van der Waals surface area contributed by atoms with Crippen LogP contribution in [-0.4, -0.2) is 25.7 Å². The van der Waals surface area contributed by atoms with Gasteiger partial charge in [0.15, 0.2) is 5.69 Å². The van der Waals surface area contributed by atoms with Crippen LogP contribution in [0.15, 0.2) is 16.9 Å². The van der Waals surface area contributed by atoms with Gasteiger partial charge < -0.3 is 10.1 Å². The molecule has 0 spiro atoms. The van der Waals surface area contributed by atoms with Gasteiger partial charge >= 0.3 is 5.97 Å². The van der Waals surface area contributed by atoms with Crippen molar-refractivity contribution in [1.29, 1.82) is 0 Å². The van der Waals surface area contributed by atoms with Gasteiger partial charge in [-0.1, -0.05) is 6.92 Å². The van der Waals surface area contributed by atoms with Gasteiger partial charge in [0, 0.05) is 17.8 Å². The molecule has 78 valence electrons. The first-order chi connectivity index (χ1) is 7.11. The summed E-state index contributed by atoms with van der Waals surface area (Å²) in [7, 11) is 0. The zero-order valence-corrected chi connectivity index (χ0v) is 8.02. The summed E-state index contributed by atoms with van der Waals surface area (Å²) in [4.78, 5) is 24.4. The second-order valence-corrected chi connectivity index (χ2v) is 3.11. The zero-order chi connectivity index (χ0) is 11.0. The first-order valence-electron chi connectivity index (χ1n) is 4.47. The smallest absolute Gasteiger partial charge is 0.356 e. The fourth-order valence-corrected chi connectivity index (χ4v) is 1.42. The SMILES string of the molecule is CCc1cc(=O)[nH]c2cc(C(=O)O)nn12. The highest BCUT2D eigenvalue weighted by Gasteiger charge is 2.11. The molecular formula is C9H9N3O3. The molecule has 0 amide bonds. The van der Waals surface area contributed by atoms with Crippen molar-refractivity contribution in [3.8, 4) is 0 Å². The van der Waals surface area contributed by atoms with E-state index in [2.05, 4.69) is 10.1 Å². The first kappa shape index (κ1) is 9.45. The van der Waals surface area contributed by atoms with E-state index in [9.17, 15) is 9.59 Å². The molecule has 2 aromatic rings. The Labute approximate surface area is 84.2 Å². The molecule has 6 heteroatoms. The van der Waals surface area contributed by atoms with E-state index in [1.807, 2.05) is 6.92 Å². The standard InChI is InChI=1S/C9H9N3O3/c1-2-5-3-8(13)10-7-4-6(9(14)15)11-12(5)7/h3-4H,2H2,1H3,(H,10,13)(H,14,15). The van der Waals surface area contributed by atoms with Crippen LogP contribution >= 0.6 is 0 Å². The number of carboxylic acids is 1. The minimum atomic E-state index is -1.11. The van der Waals surface area contributed by atoms with Gasteiger partial charge in [-0.15, -0.1) is 0 Å². The number of hydrogen-bond donors (Lipinski definition) is 2. The van der Waals surface area contributed by atoms with E-state index < -0.39 is 5.97 Å². The summed E-state index contributed by atoms with van der Waals surface area (Å²) in [6.45, 7) is 1.87. The maximum absolute atomic E-state index is 11.2. The summed E-state index contributed by atoms with van der Waals surface area (Å²) in [5.41, 5.74) is 0.751. The van der Waals surface area contributed by atoms with Gasteiger partial charge in [0.25, 0.3) is 5.56 Å². The predicted octanol–water partition coefficient (Wildman–Crippen LogP) is 0.283. The molecular weight excluding hydrogens is 198 g/mol. The number of aromatic amines is 1. The third-order valence-electron chi connectivity index (χ3n) is 2.11. The van der Waals surface area contributed by atoms with Crippen LogP contribution in [-0.2, 0) is 6.42 Å². The molecule has 6 nitrogen and oxygen atoms in total. The molecule has 0 aliphatic carbocycles. The van der Waals surface area contributed by atoms with Crippen LogP contribution < -0.4 is 5.56 Å². The van der Waals surface area contributed by atoms with Crippen LogP contribution in [0.4, 0.5) is 0 Å². The second-order valence-electron chi connectivity index (χ2n) is 3.11. The monoisotopic (exact) mass is 207 g/mol. The van der Waals surface area contributed by atoms with Crippen molar-refractivity contribution in [1.82, 2.24) is 14.6 Å². The number of H-pyrrole nitrogens is 1. The number of nitrogens with zero attached hydrogens (tertiary/aromatic N) is 2. The molecule has 2 aromatic heterocycles. The Balaban J connectivity index is 2.79. The van der Waals surface area contributed by atoms with Crippen LogP contribution in [0.5, 0.6) is 0 Å². The third-order valence-corrected chi connectivity index (χ3v) is 2.11. The van der Waals surface area contributed by atoms with Gasteiger partial charge in [-0.2, -0.15) is 5.10 Å². The van der Waals surface area contributed by atoms with Gasteiger partial charge in [-0.3, -0.25) is 4.79 Å². The number of nitrogens with one attached hydrogen (secondary N) is 1. The largest absolute Gasteiger partial charge is 0.476 e. The average Bonchev–Trinajstić information content (AvgIpc) is 2.59. The highest BCUT2D eigenvalue weighted by Crippen LogP contribution is 2.05. The summed E-state index contributed by atoms with van der Waals surface area (Å²) in [5, 5.41) is 12.6. The number of aryl methyl sites for hydroxylation is 1. The van der Waals surface area contributed by atoms with E-state index in [-0.39, 0.29) is 11.3 Å². The molecule has 0 atom stereocenters. The van der Waals surface area contributed by atoms with Crippen molar-refractivity contribution in [3.63, 3.8) is 0 Å². The lowest BCUT2D eigenvalue weighted by Gasteiger charge is -1.99. The minimum Gasteiger partial charge on any atom is -0.476 e. The van der Waals surface area contributed by atoms with E-state index in [1.165, 1.54) is 16.6 Å². The van der Waals surface area contributed by atoms with E-state index >= 15 is 0 Å². The zero-order valence-electron chi connectivity index (χ0n) is 8.02. The Morgan fingerprint density at radius 1 is 1.60 bits per heavy atom. The third kappa shape index (κ3) is 1.50. The summed E-state index contributed by atoms with van der Waals surface area (Å²) in [6.07, 6.45) is 0.612. The van der Waals surface area contributed by atoms with Crippen molar-refractivity contribution < 1.29 is 9.90 Å². The molecule has 0 unspecified atom stereocenters. The molecule has 0 bridgehead atoms. The lowest BCUT2D eigenvalue weighted by molar-refractivity contribution is 0.0690. The Bertz CT molecular complexity index is 582. The number of carbonyl (C=O) groups is 1. The maximum atomic E-state index is 11.2. The summed E-state index contributed by atoms with van der Waals surface area (Å²) in [5.74, 6) is -1.11. The van der Waals surface area contributed by atoms with E-state index in [0.29, 0.717) is 17.8 Å². The van der Waals surface area contributed by atoms with E-state index in [4.69, 9.17) is 5.11 Å². The van der Waals surface area contributed by atoms with Gasteiger partial charge in [0.05, 0.1) is 0 Å². The topological polar surface area (TPSA) is 87.5 Å². The van der Waals surface area contributed by atoms with Crippen molar-refractivity contribution in [2.24, 2.45) is 0 Å². The molecule has 2 rings (SSSR count). The Morgan fingerprint density at radius 3 is 2.93 bits per heavy atom. The Morgan fingerprint density at radius 2 is 2.33 bits per heavy atom. The molecule has 2 heterocycles. The summed E-state index contributed by atoms with van der Waals surface area (Å²) in [6, 6.07) is 2.74. The number of fused-ring (bicyclic) bond motifs is 1. The van der Waals surface area contributed by atoms with Crippen LogP contribution in [0.1, 0.15) is 23.1 Å². The minimum absolute atomic E-state index is 0.0773. The summed E-state index contributed by atoms with van der Waals surface area (Å²) >= 11 is 0. The van der Waals surface area contributed by atoms with Crippen LogP contribution in [0.25, 0.3) is 5.65 Å². The van der Waals surface area contributed by atoms with Gasteiger partial charge in [-0.05, 0) is 6.42 Å². The van der Waals surface area contributed by atoms with Crippen LogP contribution in [0.3, 0.4) is 0 Å². The summed E-state index contributed by atoms with van der Waals surface area (Å²) < 4.78 is 1.44. The van der Waals surface area contributed by atoms with Crippen LogP contribution in [0.2, 0.25) is 0 Å². The number of aromatic nitrogens is 3. The number of hydrogen-bond acceptors (Lipinski definition) is 3. The number of rotatable bonds is 2. The molecule has 0 aromatic carbocycles. The maximum Gasteiger partial charge on any atom is 0.356 e. The molecule has 0 radical (unpaired) electrons. The molecule has 0 saturated heterocycles. The lowest BCUT2D eigenvalue weighted by atomic mass is 10.3. The fourth-order valence-electron chi connectivity index (χ4n) is 1.42. The fraction of sp³-hybridized carbons (Fsp3) is 0.222. The average molecular weight is 207 g/mol. The lowest BCUT2D eigenvalue weighted by Crippen LogP contribution is -2.11. The van der Waals surface area contributed by atoms with Gasteiger partial charge in [0.2, 0.25) is 0 Å². The van der Waals surface area contributed by atoms with E-state index in [1.54, 1.807) is 0 Å². The van der Waals surface area contributed by atoms with Gasteiger partial charge in [-0.25, -0.2) is 9.31 Å². The molecule has 15 heavy (non-hydrogen) atoms. The quantitative estimate of drug-likeness (QED) is 0.740. The van der Waals surface area contributed by atoms with Crippen LogP contribution in [0, 0.1) is 0 Å². The predicted molar refractivity (Wildman–Crippen MR) is 52.2 cm³/mol. The Kier molecular flexibility index (Phi) is 2.03. The van der Waals surface area contributed by atoms with Crippen molar-refractivity contribution >= 4 is 11.6 Å². The molecule has 0 aliphatic heterocycles. The molecule has 0 fully saturated rings. The highest BCUT2D eigenvalue weighted by atomic mass is 16.4. The number of aromatic carboxylic acids is 1. The molecule has 0 aliphatic rings. The van der Waals surface area contributed by atoms with Crippen molar-refractivity contribution in [3.05, 3.63) is 33.9 Å². The number of carboxylic acid groups (broad SMARTS) is 1. The Hall–Kier alpha value is -2.11. The normalized spacial score (nSPS) is 10.7. The molecule has 0 saturated carbocycles. The molecule has 2 N–H and O–H groups in total. The highest BCUT2D eigenvalue weighted by molar-refractivity contribution is 5.86.